The average molecular weight is 293 g/mol. The van der Waals surface area contributed by atoms with Crippen LogP contribution in [0.1, 0.15) is 25.3 Å². The van der Waals surface area contributed by atoms with Crippen LogP contribution in [0, 0.1) is 0 Å². The maximum atomic E-state index is 11.7. The summed E-state index contributed by atoms with van der Waals surface area (Å²) < 4.78 is 5.10. The zero-order valence-corrected chi connectivity index (χ0v) is 12.4. The number of carbonyl (C=O) groups is 2. The number of nitrogens with zero attached hydrogens (tertiary/aromatic N) is 1. The summed E-state index contributed by atoms with van der Waals surface area (Å²) in [6.45, 7) is 2.79. The summed E-state index contributed by atoms with van der Waals surface area (Å²) in [5, 5.41) is 0. The van der Waals surface area contributed by atoms with Gasteiger partial charge in [0.1, 0.15) is 0 Å². The van der Waals surface area contributed by atoms with E-state index in [0.29, 0.717) is 18.8 Å². The van der Waals surface area contributed by atoms with Gasteiger partial charge >= 0.3 is 5.97 Å². The minimum Gasteiger partial charge on any atom is -0.465 e. The quantitative estimate of drug-likeness (QED) is 0.400. The molecular weight excluding hydrogens is 270 g/mol. The molecule has 1 amide bonds. The third-order valence-electron chi connectivity index (χ3n) is 2.94. The molecule has 0 saturated carbocycles. The fraction of sp³-hybridized carbons (Fsp3) is 0.467. The molecule has 1 aromatic carbocycles. The van der Waals surface area contributed by atoms with Crippen molar-refractivity contribution < 1.29 is 14.3 Å². The molecule has 0 aromatic heterocycles. The van der Waals surface area contributed by atoms with Crippen LogP contribution in [0.4, 0.5) is 5.69 Å². The number of amides is 1. The van der Waals surface area contributed by atoms with Crippen molar-refractivity contribution in [2.75, 3.05) is 25.4 Å². The predicted octanol–water partition coefficient (Wildman–Crippen LogP) is 0.899. The Morgan fingerprint density at radius 1 is 1.24 bits per heavy atom. The lowest BCUT2D eigenvalue weighted by Gasteiger charge is -2.20. The van der Waals surface area contributed by atoms with Crippen molar-refractivity contribution in [3.8, 4) is 0 Å². The lowest BCUT2D eigenvalue weighted by Crippen LogP contribution is -2.37. The first-order valence-electron chi connectivity index (χ1n) is 7.02. The number of hydrogen-bond acceptors (Lipinski definition) is 5. The molecule has 0 unspecified atom stereocenters. The molecule has 4 N–H and O–H groups in total. The normalized spacial score (nSPS) is 10.6. The average Bonchev–Trinajstić information content (AvgIpc) is 2.41. The number of anilines is 1. The molecule has 0 heterocycles. The van der Waals surface area contributed by atoms with E-state index in [1.54, 1.807) is 11.0 Å². The Bertz CT molecular complexity index is 477. The highest BCUT2D eigenvalue weighted by Crippen LogP contribution is 2.13. The zero-order chi connectivity index (χ0) is 15.7. The van der Waals surface area contributed by atoms with Gasteiger partial charge in [-0.05, 0) is 18.1 Å². The Hall–Kier alpha value is -2.08. The van der Waals surface area contributed by atoms with Gasteiger partial charge in [0, 0.05) is 12.2 Å². The topological polar surface area (TPSA) is 98.6 Å². The number of esters is 1. The van der Waals surface area contributed by atoms with Gasteiger partial charge in [0.15, 0.2) is 0 Å². The van der Waals surface area contributed by atoms with E-state index in [9.17, 15) is 9.59 Å². The minimum atomic E-state index is -0.495. The van der Waals surface area contributed by atoms with Crippen LogP contribution in [-0.4, -0.2) is 36.5 Å². The number of hydrogen-bond donors (Lipinski definition) is 2. The van der Waals surface area contributed by atoms with Crippen molar-refractivity contribution in [3.63, 3.8) is 0 Å². The molecule has 0 radical (unpaired) electrons. The lowest BCUT2D eigenvalue weighted by atomic mass is 10.1. The molecule has 116 valence electrons. The Labute approximate surface area is 125 Å². The number of nitrogen functional groups attached to an aromatic ring is 1. The summed E-state index contributed by atoms with van der Waals surface area (Å²) in [6.07, 6.45) is 1.78. The summed E-state index contributed by atoms with van der Waals surface area (Å²) >= 11 is 0. The maximum absolute atomic E-state index is 11.7. The van der Waals surface area contributed by atoms with Crippen molar-refractivity contribution in [1.29, 1.82) is 0 Å². The first-order chi connectivity index (χ1) is 10.0. The molecule has 1 aromatic rings. The molecule has 0 atom stereocenters. The first-order valence-corrected chi connectivity index (χ1v) is 7.02. The van der Waals surface area contributed by atoms with Gasteiger partial charge in [0.2, 0.25) is 5.91 Å². The highest BCUT2D eigenvalue weighted by atomic mass is 16.5. The van der Waals surface area contributed by atoms with Crippen molar-refractivity contribution in [2.45, 2.75) is 26.3 Å². The number of para-hydroxylation sites is 1. The summed E-state index contributed by atoms with van der Waals surface area (Å²) in [5.74, 6) is -0.856. The van der Waals surface area contributed by atoms with Gasteiger partial charge in [0.05, 0.1) is 19.7 Å². The van der Waals surface area contributed by atoms with Crippen LogP contribution >= 0.6 is 0 Å². The summed E-state index contributed by atoms with van der Waals surface area (Å²) in [4.78, 5) is 24.5. The molecule has 0 spiro atoms. The zero-order valence-electron chi connectivity index (χ0n) is 12.4. The van der Waals surface area contributed by atoms with Crippen LogP contribution in [0.25, 0.3) is 0 Å². The molecule has 0 aliphatic rings. The second-order valence-corrected chi connectivity index (χ2v) is 4.88. The van der Waals surface area contributed by atoms with E-state index in [1.165, 1.54) is 0 Å². The minimum absolute atomic E-state index is 0.0149. The standard InChI is InChI=1S/C15H23N3O3/c1-2-3-8-21-15(20)11-18(10-14(17)19)9-12-6-4-5-7-13(12)16/h4-7H,2-3,8-11,16H2,1H3,(H2,17,19). The van der Waals surface area contributed by atoms with Crippen LogP contribution in [0.2, 0.25) is 0 Å². The fourth-order valence-electron chi connectivity index (χ4n) is 1.87. The van der Waals surface area contributed by atoms with Crippen molar-refractivity contribution in [2.24, 2.45) is 5.73 Å². The maximum Gasteiger partial charge on any atom is 0.320 e. The Balaban J connectivity index is 2.61. The second-order valence-electron chi connectivity index (χ2n) is 4.88. The number of rotatable bonds is 9. The second kappa shape index (κ2) is 8.97. The van der Waals surface area contributed by atoms with Crippen molar-refractivity contribution >= 4 is 17.6 Å². The highest BCUT2D eigenvalue weighted by Gasteiger charge is 2.15. The van der Waals surface area contributed by atoms with E-state index in [2.05, 4.69) is 0 Å². The number of benzene rings is 1. The summed E-state index contributed by atoms with van der Waals surface area (Å²) in [7, 11) is 0. The molecule has 0 aliphatic carbocycles. The summed E-state index contributed by atoms with van der Waals surface area (Å²) in [5.41, 5.74) is 12.6. The molecule has 21 heavy (non-hydrogen) atoms. The SMILES string of the molecule is CCCCOC(=O)CN(CC(N)=O)Cc1ccccc1N. The molecule has 1 rings (SSSR count). The molecular formula is C15H23N3O3. The van der Waals surface area contributed by atoms with Gasteiger partial charge in [-0.15, -0.1) is 0 Å². The lowest BCUT2D eigenvalue weighted by molar-refractivity contribution is -0.145. The van der Waals surface area contributed by atoms with Crippen LogP contribution in [0.5, 0.6) is 0 Å². The van der Waals surface area contributed by atoms with E-state index in [-0.39, 0.29) is 19.1 Å². The Morgan fingerprint density at radius 2 is 1.95 bits per heavy atom. The monoisotopic (exact) mass is 293 g/mol. The Kier molecular flexibility index (Phi) is 7.25. The van der Waals surface area contributed by atoms with Gasteiger partial charge in [-0.2, -0.15) is 0 Å². The highest BCUT2D eigenvalue weighted by molar-refractivity contribution is 5.77. The van der Waals surface area contributed by atoms with Crippen LogP contribution < -0.4 is 11.5 Å². The first kappa shape index (κ1) is 17.0. The van der Waals surface area contributed by atoms with Gasteiger partial charge in [0.25, 0.3) is 0 Å². The largest absolute Gasteiger partial charge is 0.465 e. The van der Waals surface area contributed by atoms with E-state index in [4.69, 9.17) is 16.2 Å². The Morgan fingerprint density at radius 3 is 2.57 bits per heavy atom. The van der Waals surface area contributed by atoms with Gasteiger partial charge in [-0.25, -0.2) is 0 Å². The molecule has 0 aliphatic heterocycles. The van der Waals surface area contributed by atoms with Crippen LogP contribution in [0.15, 0.2) is 24.3 Å². The summed E-state index contributed by atoms with van der Waals surface area (Å²) in [6, 6.07) is 7.31. The van der Waals surface area contributed by atoms with Crippen LogP contribution in [-0.2, 0) is 20.9 Å². The van der Waals surface area contributed by atoms with E-state index in [1.807, 2.05) is 25.1 Å². The van der Waals surface area contributed by atoms with Crippen LogP contribution in [0.3, 0.4) is 0 Å². The van der Waals surface area contributed by atoms with Gasteiger partial charge < -0.3 is 16.2 Å². The molecule has 6 nitrogen and oxygen atoms in total. The van der Waals surface area contributed by atoms with E-state index >= 15 is 0 Å². The molecule has 6 heteroatoms. The number of unbranched alkanes of at least 4 members (excludes halogenated alkanes) is 1. The third-order valence-corrected chi connectivity index (χ3v) is 2.94. The molecule has 0 bridgehead atoms. The number of nitrogens with two attached hydrogens (primary N) is 2. The number of primary amides is 1. The molecule has 0 fully saturated rings. The van der Waals surface area contributed by atoms with Crippen molar-refractivity contribution in [1.82, 2.24) is 4.90 Å². The van der Waals surface area contributed by atoms with Gasteiger partial charge in [-0.1, -0.05) is 31.5 Å². The third kappa shape index (κ3) is 6.76. The van der Waals surface area contributed by atoms with Gasteiger partial charge in [-0.3, -0.25) is 14.5 Å². The molecule has 0 saturated heterocycles. The van der Waals surface area contributed by atoms with Crippen molar-refractivity contribution in [3.05, 3.63) is 29.8 Å². The number of ether oxygens (including phenoxy) is 1. The van der Waals surface area contributed by atoms with E-state index < -0.39 is 5.91 Å². The predicted molar refractivity (Wildman–Crippen MR) is 81.2 cm³/mol. The fourth-order valence-corrected chi connectivity index (χ4v) is 1.87. The van der Waals surface area contributed by atoms with E-state index in [0.717, 1.165) is 18.4 Å². The number of carbonyl (C=O) groups excluding carboxylic acids is 2. The smallest absolute Gasteiger partial charge is 0.320 e.